The van der Waals surface area contributed by atoms with Crippen molar-refractivity contribution in [2.75, 3.05) is 6.61 Å². The van der Waals surface area contributed by atoms with Crippen LogP contribution in [0.1, 0.15) is 53.9 Å². The lowest BCUT2D eigenvalue weighted by molar-refractivity contribution is 0.108. The summed E-state index contributed by atoms with van der Waals surface area (Å²) in [6, 6.07) is 0. The van der Waals surface area contributed by atoms with Gasteiger partial charge in [0.25, 0.3) is 0 Å². The van der Waals surface area contributed by atoms with E-state index in [1.807, 2.05) is 27.7 Å². The van der Waals surface area contributed by atoms with E-state index in [0.29, 0.717) is 6.10 Å². The molecule has 1 saturated heterocycles. The van der Waals surface area contributed by atoms with Crippen molar-refractivity contribution < 1.29 is 4.74 Å². The molecule has 0 bridgehead atoms. The number of hydrogen-bond acceptors (Lipinski definition) is 1. The highest BCUT2D eigenvalue weighted by Gasteiger charge is 2.11. The van der Waals surface area contributed by atoms with E-state index in [2.05, 4.69) is 6.92 Å². The Kier molecular flexibility index (Phi) is 15.5. The molecule has 1 fully saturated rings. The lowest BCUT2D eigenvalue weighted by Crippen LogP contribution is -2.00. The monoisotopic (exact) mass is 160 g/mol. The SMILES string of the molecule is CC.CC.CCC1CCCO1. The van der Waals surface area contributed by atoms with E-state index in [4.69, 9.17) is 4.74 Å². The first-order valence-corrected chi connectivity index (χ1v) is 5.05. The third-order valence-electron chi connectivity index (χ3n) is 1.48. The van der Waals surface area contributed by atoms with Crippen molar-refractivity contribution in [2.24, 2.45) is 0 Å². The Morgan fingerprint density at radius 2 is 1.73 bits per heavy atom. The molecule has 1 heteroatoms. The van der Waals surface area contributed by atoms with E-state index in [9.17, 15) is 0 Å². The molecule has 1 aliphatic rings. The van der Waals surface area contributed by atoms with Gasteiger partial charge in [0.15, 0.2) is 0 Å². The molecule has 0 aromatic carbocycles. The first kappa shape index (κ1) is 13.5. The normalized spacial score (nSPS) is 21.0. The molecule has 0 aliphatic carbocycles. The molecule has 0 aromatic rings. The van der Waals surface area contributed by atoms with Crippen LogP contribution < -0.4 is 0 Å². The van der Waals surface area contributed by atoms with Gasteiger partial charge in [-0.1, -0.05) is 34.6 Å². The summed E-state index contributed by atoms with van der Waals surface area (Å²) in [7, 11) is 0. The fourth-order valence-electron chi connectivity index (χ4n) is 0.966. The van der Waals surface area contributed by atoms with Gasteiger partial charge < -0.3 is 4.74 Å². The highest BCUT2D eigenvalue weighted by atomic mass is 16.5. The molecule has 0 N–H and O–H groups in total. The Morgan fingerprint density at radius 3 is 1.91 bits per heavy atom. The summed E-state index contributed by atoms with van der Waals surface area (Å²) in [4.78, 5) is 0. The first-order chi connectivity index (χ1) is 5.43. The summed E-state index contributed by atoms with van der Waals surface area (Å²) in [5.41, 5.74) is 0. The maximum absolute atomic E-state index is 5.30. The van der Waals surface area contributed by atoms with Crippen molar-refractivity contribution in [3.05, 3.63) is 0 Å². The third-order valence-corrected chi connectivity index (χ3v) is 1.48. The highest BCUT2D eigenvalue weighted by Crippen LogP contribution is 2.13. The summed E-state index contributed by atoms with van der Waals surface area (Å²) < 4.78 is 5.30. The number of ether oxygens (including phenoxy) is 1. The van der Waals surface area contributed by atoms with Gasteiger partial charge in [-0.3, -0.25) is 0 Å². The van der Waals surface area contributed by atoms with Gasteiger partial charge in [-0.2, -0.15) is 0 Å². The maximum atomic E-state index is 5.30. The smallest absolute Gasteiger partial charge is 0.0573 e. The molecule has 1 nitrogen and oxygen atoms in total. The van der Waals surface area contributed by atoms with Gasteiger partial charge >= 0.3 is 0 Å². The van der Waals surface area contributed by atoms with Crippen LogP contribution in [0.5, 0.6) is 0 Å². The Morgan fingerprint density at radius 1 is 1.18 bits per heavy atom. The van der Waals surface area contributed by atoms with Gasteiger partial charge in [0, 0.05) is 6.61 Å². The van der Waals surface area contributed by atoms with Crippen molar-refractivity contribution >= 4 is 0 Å². The summed E-state index contributed by atoms with van der Waals surface area (Å²) in [6.07, 6.45) is 4.36. The minimum absolute atomic E-state index is 0.597. The van der Waals surface area contributed by atoms with Crippen LogP contribution in [0, 0.1) is 0 Å². The summed E-state index contributed by atoms with van der Waals surface area (Å²) in [6.45, 7) is 11.2. The van der Waals surface area contributed by atoms with E-state index in [1.165, 1.54) is 19.3 Å². The van der Waals surface area contributed by atoms with Crippen molar-refractivity contribution in [3.63, 3.8) is 0 Å². The van der Waals surface area contributed by atoms with Crippen LogP contribution >= 0.6 is 0 Å². The lowest BCUT2D eigenvalue weighted by atomic mass is 10.2. The van der Waals surface area contributed by atoms with Crippen LogP contribution in [0.15, 0.2) is 0 Å². The van der Waals surface area contributed by atoms with Gasteiger partial charge in [0.05, 0.1) is 6.10 Å². The van der Waals surface area contributed by atoms with Gasteiger partial charge in [-0.05, 0) is 19.3 Å². The zero-order valence-electron chi connectivity index (χ0n) is 8.81. The van der Waals surface area contributed by atoms with E-state index in [-0.39, 0.29) is 0 Å². The molecule has 1 atom stereocenters. The molecule has 0 spiro atoms. The van der Waals surface area contributed by atoms with Crippen molar-refractivity contribution in [1.82, 2.24) is 0 Å². The Hall–Kier alpha value is -0.0400. The van der Waals surface area contributed by atoms with Crippen LogP contribution in [0.2, 0.25) is 0 Å². The average Bonchev–Trinajstić information content (AvgIpc) is 2.63. The molecule has 1 unspecified atom stereocenters. The second kappa shape index (κ2) is 12.6. The molecule has 0 amide bonds. The molecular weight excluding hydrogens is 136 g/mol. The van der Waals surface area contributed by atoms with E-state index in [1.54, 1.807) is 0 Å². The second-order valence-corrected chi connectivity index (χ2v) is 2.04. The number of rotatable bonds is 1. The van der Waals surface area contributed by atoms with Gasteiger partial charge in [0.2, 0.25) is 0 Å². The van der Waals surface area contributed by atoms with E-state index in [0.717, 1.165) is 6.61 Å². The predicted octanol–water partition coefficient (Wildman–Crippen LogP) is 3.63. The maximum Gasteiger partial charge on any atom is 0.0573 e. The third kappa shape index (κ3) is 7.86. The minimum Gasteiger partial charge on any atom is -0.378 e. The molecule has 0 saturated carbocycles. The summed E-state index contributed by atoms with van der Waals surface area (Å²) in [5, 5.41) is 0. The molecule has 0 aromatic heterocycles. The van der Waals surface area contributed by atoms with Gasteiger partial charge in [0.1, 0.15) is 0 Å². The zero-order chi connectivity index (χ0) is 9.11. The van der Waals surface area contributed by atoms with Gasteiger partial charge in [-0.15, -0.1) is 0 Å². The molecule has 11 heavy (non-hydrogen) atoms. The highest BCUT2D eigenvalue weighted by molar-refractivity contribution is 4.60. The molecule has 1 aliphatic heterocycles. The Balaban J connectivity index is 0. The largest absolute Gasteiger partial charge is 0.378 e. The van der Waals surface area contributed by atoms with Crippen LogP contribution in [0.25, 0.3) is 0 Å². The molecule has 0 radical (unpaired) electrons. The molecule has 1 heterocycles. The van der Waals surface area contributed by atoms with Crippen molar-refractivity contribution in [2.45, 2.75) is 60.0 Å². The minimum atomic E-state index is 0.597. The van der Waals surface area contributed by atoms with Crippen LogP contribution in [-0.4, -0.2) is 12.7 Å². The first-order valence-electron chi connectivity index (χ1n) is 5.05. The molecule has 70 valence electrons. The zero-order valence-corrected chi connectivity index (χ0v) is 8.81. The predicted molar refractivity (Wildman–Crippen MR) is 52.0 cm³/mol. The summed E-state index contributed by atoms with van der Waals surface area (Å²) >= 11 is 0. The van der Waals surface area contributed by atoms with Gasteiger partial charge in [-0.25, -0.2) is 0 Å². The number of hydrogen-bond donors (Lipinski definition) is 0. The Bertz CT molecular complexity index is 46.8. The van der Waals surface area contributed by atoms with Crippen LogP contribution in [0.4, 0.5) is 0 Å². The summed E-state index contributed by atoms with van der Waals surface area (Å²) in [5.74, 6) is 0. The average molecular weight is 160 g/mol. The van der Waals surface area contributed by atoms with Crippen LogP contribution in [0.3, 0.4) is 0 Å². The fraction of sp³-hybridized carbons (Fsp3) is 1.00. The van der Waals surface area contributed by atoms with E-state index < -0.39 is 0 Å². The molecular formula is C10H24O. The lowest BCUT2D eigenvalue weighted by Gasteiger charge is -2.01. The Labute approximate surface area is 72.1 Å². The second-order valence-electron chi connectivity index (χ2n) is 2.04. The fourth-order valence-corrected chi connectivity index (χ4v) is 0.966. The molecule has 1 rings (SSSR count). The van der Waals surface area contributed by atoms with Crippen molar-refractivity contribution in [1.29, 1.82) is 0 Å². The standard InChI is InChI=1S/C6H12O.2C2H6/c1-2-6-4-3-5-7-6;2*1-2/h6H,2-5H2,1H3;2*1-2H3. The topological polar surface area (TPSA) is 9.23 Å². The van der Waals surface area contributed by atoms with Crippen LogP contribution in [-0.2, 0) is 4.74 Å². The quantitative estimate of drug-likeness (QED) is 0.569. The van der Waals surface area contributed by atoms with Crippen molar-refractivity contribution in [3.8, 4) is 0 Å². The van der Waals surface area contributed by atoms with E-state index >= 15 is 0 Å².